The van der Waals surface area contributed by atoms with Crippen LogP contribution in [0.4, 0.5) is 0 Å². The predicted octanol–water partition coefficient (Wildman–Crippen LogP) is 3.75. The molecular formula is C15H31NO. The van der Waals surface area contributed by atoms with E-state index in [1.165, 1.54) is 32.1 Å². The van der Waals surface area contributed by atoms with Gasteiger partial charge in [0.15, 0.2) is 0 Å². The van der Waals surface area contributed by atoms with Crippen LogP contribution in [0.1, 0.15) is 66.2 Å². The molecule has 0 radical (unpaired) electrons. The van der Waals surface area contributed by atoms with Crippen molar-refractivity contribution < 1.29 is 4.74 Å². The first-order chi connectivity index (χ1) is 8.09. The number of rotatable bonds is 7. The zero-order valence-corrected chi connectivity index (χ0v) is 12.2. The highest BCUT2D eigenvalue weighted by Crippen LogP contribution is 2.28. The van der Waals surface area contributed by atoms with Crippen LogP contribution in [0.3, 0.4) is 0 Å². The van der Waals surface area contributed by atoms with E-state index in [9.17, 15) is 0 Å². The largest absolute Gasteiger partial charge is 0.377 e. The first kappa shape index (κ1) is 15.0. The highest BCUT2D eigenvalue weighted by molar-refractivity contribution is 4.77. The molecule has 1 N–H and O–H groups in total. The number of hydrogen-bond donors (Lipinski definition) is 1. The fraction of sp³-hybridized carbons (Fsp3) is 1.00. The summed E-state index contributed by atoms with van der Waals surface area (Å²) in [5.41, 5.74) is 0.250. The van der Waals surface area contributed by atoms with Crippen molar-refractivity contribution in [3.63, 3.8) is 0 Å². The molecule has 17 heavy (non-hydrogen) atoms. The average Bonchev–Trinajstić information content (AvgIpc) is 2.35. The van der Waals surface area contributed by atoms with Crippen molar-refractivity contribution >= 4 is 0 Å². The van der Waals surface area contributed by atoms with Crippen molar-refractivity contribution in [1.82, 2.24) is 5.32 Å². The molecule has 0 bridgehead atoms. The van der Waals surface area contributed by atoms with E-state index >= 15 is 0 Å². The molecule has 0 aromatic carbocycles. The van der Waals surface area contributed by atoms with Gasteiger partial charge in [-0.25, -0.2) is 0 Å². The summed E-state index contributed by atoms with van der Waals surface area (Å²) >= 11 is 0. The fourth-order valence-electron chi connectivity index (χ4n) is 2.58. The van der Waals surface area contributed by atoms with Gasteiger partial charge in [-0.1, -0.05) is 33.1 Å². The van der Waals surface area contributed by atoms with Crippen LogP contribution in [0, 0.1) is 5.92 Å². The van der Waals surface area contributed by atoms with Crippen LogP contribution in [0.15, 0.2) is 0 Å². The Hall–Kier alpha value is -0.0800. The molecule has 1 aliphatic rings. The normalized spacial score (nSPS) is 26.1. The maximum atomic E-state index is 6.06. The molecule has 0 spiro atoms. The molecule has 0 aromatic heterocycles. The zero-order valence-electron chi connectivity index (χ0n) is 12.2. The molecule has 2 heteroatoms. The molecule has 2 nitrogen and oxygen atoms in total. The summed E-state index contributed by atoms with van der Waals surface area (Å²) in [5, 5.41) is 3.56. The van der Waals surface area contributed by atoms with E-state index in [1.807, 2.05) is 0 Å². The fourth-order valence-corrected chi connectivity index (χ4v) is 2.58. The van der Waals surface area contributed by atoms with Crippen molar-refractivity contribution in [2.24, 2.45) is 5.92 Å². The molecule has 2 unspecified atom stereocenters. The molecule has 0 aliphatic heterocycles. The lowest BCUT2D eigenvalue weighted by Gasteiger charge is -2.31. The summed E-state index contributed by atoms with van der Waals surface area (Å²) in [4.78, 5) is 0. The smallest absolute Gasteiger partial charge is 0.0603 e. The standard InChI is InChI=1S/C15H31NO/c1-5-13-9-7-8-10-14(13)17-12-11-16-15(3,4)6-2/h13-14,16H,5-12H2,1-4H3. The summed E-state index contributed by atoms with van der Waals surface area (Å²) < 4.78 is 6.06. The summed E-state index contributed by atoms with van der Waals surface area (Å²) in [6.45, 7) is 10.9. The summed E-state index contributed by atoms with van der Waals surface area (Å²) in [6.07, 6.45) is 8.37. The second-order valence-electron chi connectivity index (χ2n) is 6.03. The Morgan fingerprint density at radius 2 is 1.88 bits per heavy atom. The monoisotopic (exact) mass is 241 g/mol. The Morgan fingerprint density at radius 3 is 2.53 bits per heavy atom. The summed E-state index contributed by atoms with van der Waals surface area (Å²) in [6, 6.07) is 0. The van der Waals surface area contributed by atoms with Crippen LogP contribution in [-0.2, 0) is 4.74 Å². The van der Waals surface area contributed by atoms with E-state index in [-0.39, 0.29) is 5.54 Å². The SMILES string of the molecule is CCC1CCCCC1OCCNC(C)(C)CC. The molecule has 0 amide bonds. The van der Waals surface area contributed by atoms with Crippen LogP contribution < -0.4 is 5.32 Å². The van der Waals surface area contributed by atoms with Crippen LogP contribution in [0.5, 0.6) is 0 Å². The van der Waals surface area contributed by atoms with Crippen molar-refractivity contribution in [2.45, 2.75) is 77.9 Å². The van der Waals surface area contributed by atoms with Crippen molar-refractivity contribution in [3.8, 4) is 0 Å². The van der Waals surface area contributed by atoms with Gasteiger partial charge in [0, 0.05) is 12.1 Å². The topological polar surface area (TPSA) is 21.3 Å². The molecule has 0 aromatic rings. The Morgan fingerprint density at radius 1 is 1.18 bits per heavy atom. The Balaban J connectivity index is 2.16. The minimum absolute atomic E-state index is 0.250. The second-order valence-corrected chi connectivity index (χ2v) is 6.03. The van der Waals surface area contributed by atoms with E-state index in [0.717, 1.165) is 25.5 Å². The number of hydrogen-bond acceptors (Lipinski definition) is 2. The van der Waals surface area contributed by atoms with Crippen LogP contribution in [0.2, 0.25) is 0 Å². The summed E-state index contributed by atoms with van der Waals surface area (Å²) in [5.74, 6) is 0.808. The van der Waals surface area contributed by atoms with Gasteiger partial charge in [0.05, 0.1) is 12.7 Å². The highest BCUT2D eigenvalue weighted by Gasteiger charge is 2.24. The minimum Gasteiger partial charge on any atom is -0.377 e. The van der Waals surface area contributed by atoms with Crippen molar-refractivity contribution in [3.05, 3.63) is 0 Å². The van der Waals surface area contributed by atoms with Gasteiger partial charge in [0.2, 0.25) is 0 Å². The highest BCUT2D eigenvalue weighted by atomic mass is 16.5. The van der Waals surface area contributed by atoms with Crippen LogP contribution in [-0.4, -0.2) is 24.8 Å². The third kappa shape index (κ3) is 5.39. The first-order valence-electron chi connectivity index (χ1n) is 7.45. The zero-order chi connectivity index (χ0) is 12.7. The van der Waals surface area contributed by atoms with Gasteiger partial charge in [0.25, 0.3) is 0 Å². The van der Waals surface area contributed by atoms with Gasteiger partial charge in [-0.05, 0) is 39.0 Å². The first-order valence-corrected chi connectivity index (χ1v) is 7.45. The van der Waals surface area contributed by atoms with Gasteiger partial charge in [-0.15, -0.1) is 0 Å². The summed E-state index contributed by atoms with van der Waals surface area (Å²) in [7, 11) is 0. The lowest BCUT2D eigenvalue weighted by molar-refractivity contribution is -0.0119. The van der Waals surface area contributed by atoms with E-state index < -0.39 is 0 Å². The quantitative estimate of drug-likeness (QED) is 0.685. The third-order valence-electron chi connectivity index (χ3n) is 4.29. The predicted molar refractivity (Wildman–Crippen MR) is 74.4 cm³/mol. The van der Waals surface area contributed by atoms with E-state index in [2.05, 4.69) is 33.0 Å². The molecule has 0 saturated heterocycles. The van der Waals surface area contributed by atoms with E-state index in [0.29, 0.717) is 6.10 Å². The van der Waals surface area contributed by atoms with E-state index in [1.54, 1.807) is 0 Å². The Kier molecular flexibility index (Phi) is 6.50. The second kappa shape index (κ2) is 7.38. The number of ether oxygens (including phenoxy) is 1. The van der Waals surface area contributed by atoms with E-state index in [4.69, 9.17) is 4.74 Å². The molecule has 1 saturated carbocycles. The van der Waals surface area contributed by atoms with Gasteiger partial charge < -0.3 is 10.1 Å². The third-order valence-corrected chi connectivity index (χ3v) is 4.29. The van der Waals surface area contributed by atoms with Crippen molar-refractivity contribution in [2.75, 3.05) is 13.2 Å². The van der Waals surface area contributed by atoms with Gasteiger partial charge in [0.1, 0.15) is 0 Å². The lowest BCUT2D eigenvalue weighted by Crippen LogP contribution is -2.41. The lowest BCUT2D eigenvalue weighted by atomic mass is 9.85. The molecule has 0 heterocycles. The molecule has 1 aliphatic carbocycles. The molecule has 2 atom stereocenters. The minimum atomic E-state index is 0.250. The molecular weight excluding hydrogens is 210 g/mol. The van der Waals surface area contributed by atoms with Gasteiger partial charge in [-0.2, -0.15) is 0 Å². The molecule has 1 rings (SSSR count). The molecule has 1 fully saturated rings. The average molecular weight is 241 g/mol. The maximum absolute atomic E-state index is 6.06. The Labute approximate surface area is 108 Å². The van der Waals surface area contributed by atoms with Crippen LogP contribution in [0.25, 0.3) is 0 Å². The maximum Gasteiger partial charge on any atom is 0.0603 e. The molecule has 102 valence electrons. The van der Waals surface area contributed by atoms with Crippen LogP contribution >= 0.6 is 0 Å². The van der Waals surface area contributed by atoms with Gasteiger partial charge >= 0.3 is 0 Å². The Bertz CT molecular complexity index is 203. The van der Waals surface area contributed by atoms with Crippen molar-refractivity contribution in [1.29, 1.82) is 0 Å². The number of nitrogens with one attached hydrogen (secondary N) is 1. The van der Waals surface area contributed by atoms with Gasteiger partial charge in [-0.3, -0.25) is 0 Å².